The van der Waals surface area contributed by atoms with Crippen LogP contribution in [0.1, 0.15) is 29.4 Å². The van der Waals surface area contributed by atoms with Crippen molar-refractivity contribution in [1.29, 1.82) is 0 Å². The zero-order valence-corrected chi connectivity index (χ0v) is 10.7. The highest BCUT2D eigenvalue weighted by atomic mass is 32.1. The van der Waals surface area contributed by atoms with Gasteiger partial charge in [-0.3, -0.25) is 9.48 Å². The molecule has 2 rings (SSSR count). The molecule has 0 bridgehead atoms. The van der Waals surface area contributed by atoms with Crippen LogP contribution in [0.4, 0.5) is 0 Å². The molecule has 0 saturated carbocycles. The fraction of sp³-hybridized carbons (Fsp3) is 0.333. The normalized spacial score (nSPS) is 10.5. The number of hydrogen-bond acceptors (Lipinski definition) is 4. The third-order valence-electron chi connectivity index (χ3n) is 2.46. The fourth-order valence-corrected chi connectivity index (χ4v) is 2.29. The van der Waals surface area contributed by atoms with Crippen LogP contribution in [0.5, 0.6) is 5.75 Å². The van der Waals surface area contributed by atoms with E-state index >= 15 is 0 Å². The maximum absolute atomic E-state index is 12.3. The molecule has 0 aliphatic carbocycles. The van der Waals surface area contributed by atoms with Crippen molar-refractivity contribution in [2.45, 2.75) is 19.9 Å². The average molecular weight is 250 g/mol. The lowest BCUT2D eigenvalue weighted by molar-refractivity contribution is 0.102. The number of carbonyl (C=O) groups is 1. The van der Waals surface area contributed by atoms with Gasteiger partial charge in [-0.1, -0.05) is 6.92 Å². The Morgan fingerprint density at radius 1 is 1.59 bits per heavy atom. The molecular weight excluding hydrogens is 236 g/mol. The number of rotatable bonds is 5. The van der Waals surface area contributed by atoms with Crippen molar-refractivity contribution in [2.75, 3.05) is 7.11 Å². The van der Waals surface area contributed by atoms with Gasteiger partial charge >= 0.3 is 0 Å². The number of ether oxygens (including phenoxy) is 1. The Balaban J connectivity index is 2.42. The lowest BCUT2D eigenvalue weighted by Gasteiger charge is -2.06. The van der Waals surface area contributed by atoms with Gasteiger partial charge in [0.2, 0.25) is 5.78 Å². The summed E-state index contributed by atoms with van der Waals surface area (Å²) in [6, 6.07) is 1.82. The fourth-order valence-electron chi connectivity index (χ4n) is 1.66. The molecule has 0 amide bonds. The second-order valence-electron chi connectivity index (χ2n) is 3.63. The first kappa shape index (κ1) is 11.9. The zero-order valence-electron chi connectivity index (χ0n) is 9.84. The smallest absolute Gasteiger partial charge is 0.215 e. The van der Waals surface area contributed by atoms with Gasteiger partial charge in [-0.2, -0.15) is 16.4 Å². The molecule has 17 heavy (non-hydrogen) atoms. The third kappa shape index (κ3) is 2.24. The number of aryl methyl sites for hydroxylation is 1. The van der Waals surface area contributed by atoms with E-state index in [0.717, 1.165) is 6.42 Å². The molecule has 0 radical (unpaired) electrons. The highest BCUT2D eigenvalue weighted by molar-refractivity contribution is 7.08. The molecule has 0 aliphatic rings. The van der Waals surface area contributed by atoms with Gasteiger partial charge in [-0.15, -0.1) is 0 Å². The van der Waals surface area contributed by atoms with Gasteiger partial charge in [-0.25, -0.2) is 0 Å². The van der Waals surface area contributed by atoms with Gasteiger partial charge in [-0.05, 0) is 17.9 Å². The molecule has 4 nitrogen and oxygen atoms in total. The van der Waals surface area contributed by atoms with E-state index < -0.39 is 0 Å². The van der Waals surface area contributed by atoms with E-state index in [4.69, 9.17) is 4.74 Å². The minimum atomic E-state index is -0.0333. The lowest BCUT2D eigenvalue weighted by Crippen LogP contribution is -2.12. The molecule has 5 heteroatoms. The van der Waals surface area contributed by atoms with Crippen LogP contribution in [0, 0.1) is 0 Å². The number of methoxy groups -OCH3 is 1. The molecule has 0 aliphatic heterocycles. The maximum Gasteiger partial charge on any atom is 0.215 e. The van der Waals surface area contributed by atoms with Crippen LogP contribution in [-0.4, -0.2) is 22.7 Å². The largest absolute Gasteiger partial charge is 0.493 e. The first-order valence-corrected chi connectivity index (χ1v) is 6.39. The quantitative estimate of drug-likeness (QED) is 0.766. The Labute approximate surface area is 104 Å². The van der Waals surface area contributed by atoms with Crippen LogP contribution in [0.15, 0.2) is 23.0 Å². The van der Waals surface area contributed by atoms with Crippen LogP contribution >= 0.6 is 11.3 Å². The van der Waals surface area contributed by atoms with E-state index in [1.54, 1.807) is 18.0 Å². The van der Waals surface area contributed by atoms with Crippen LogP contribution < -0.4 is 4.74 Å². The number of hydrogen-bond donors (Lipinski definition) is 0. The topological polar surface area (TPSA) is 44.1 Å². The molecule has 0 saturated heterocycles. The van der Waals surface area contributed by atoms with Crippen molar-refractivity contribution in [1.82, 2.24) is 9.78 Å². The summed E-state index contributed by atoms with van der Waals surface area (Å²) in [4.78, 5) is 12.3. The third-order valence-corrected chi connectivity index (χ3v) is 3.14. The standard InChI is InChI=1S/C12H14N2O2S/c1-3-5-14-11(10(16-2)7-13-14)12(15)9-4-6-17-8-9/h4,6-8H,3,5H2,1-2H3. The first-order valence-electron chi connectivity index (χ1n) is 5.44. The number of nitrogens with zero attached hydrogens (tertiary/aromatic N) is 2. The minimum absolute atomic E-state index is 0.0333. The van der Waals surface area contributed by atoms with Crippen LogP contribution in [0.3, 0.4) is 0 Å². The second-order valence-corrected chi connectivity index (χ2v) is 4.41. The SMILES string of the molecule is CCCn1ncc(OC)c1C(=O)c1ccsc1. The molecule has 0 spiro atoms. The van der Waals surface area contributed by atoms with Crippen molar-refractivity contribution in [3.8, 4) is 5.75 Å². The highest BCUT2D eigenvalue weighted by Crippen LogP contribution is 2.22. The molecule has 2 aromatic rings. The number of thiophene rings is 1. The summed E-state index contributed by atoms with van der Waals surface area (Å²) in [5.74, 6) is 0.503. The number of carbonyl (C=O) groups excluding carboxylic acids is 1. The summed E-state index contributed by atoms with van der Waals surface area (Å²) in [6.07, 6.45) is 2.52. The molecule has 0 N–H and O–H groups in total. The van der Waals surface area contributed by atoms with Crippen LogP contribution in [0.25, 0.3) is 0 Å². The number of ketones is 1. The van der Waals surface area contributed by atoms with E-state index in [0.29, 0.717) is 23.6 Å². The Bertz CT molecular complexity index is 503. The predicted molar refractivity (Wildman–Crippen MR) is 66.8 cm³/mol. The van der Waals surface area contributed by atoms with E-state index in [9.17, 15) is 4.79 Å². The first-order chi connectivity index (χ1) is 8.27. The molecule has 0 unspecified atom stereocenters. The zero-order chi connectivity index (χ0) is 12.3. The van der Waals surface area contributed by atoms with Crippen molar-refractivity contribution in [3.63, 3.8) is 0 Å². The average Bonchev–Trinajstić information content (AvgIpc) is 2.97. The molecule has 0 aromatic carbocycles. The molecule has 0 atom stereocenters. The minimum Gasteiger partial charge on any atom is -0.493 e. The van der Waals surface area contributed by atoms with Crippen LogP contribution in [0.2, 0.25) is 0 Å². The van der Waals surface area contributed by atoms with E-state index in [1.807, 2.05) is 23.8 Å². The molecular formula is C12H14N2O2S. The van der Waals surface area contributed by atoms with Crippen molar-refractivity contribution in [3.05, 3.63) is 34.3 Å². The Morgan fingerprint density at radius 3 is 3.00 bits per heavy atom. The number of aromatic nitrogens is 2. The Hall–Kier alpha value is -1.62. The van der Waals surface area contributed by atoms with Gasteiger partial charge in [0.05, 0.1) is 13.3 Å². The predicted octanol–water partition coefficient (Wildman–Crippen LogP) is 2.59. The van der Waals surface area contributed by atoms with Crippen molar-refractivity contribution in [2.24, 2.45) is 0 Å². The van der Waals surface area contributed by atoms with Crippen molar-refractivity contribution >= 4 is 17.1 Å². The molecule has 90 valence electrons. The summed E-state index contributed by atoms with van der Waals surface area (Å²) in [5, 5.41) is 7.91. The summed E-state index contributed by atoms with van der Waals surface area (Å²) in [5.41, 5.74) is 1.22. The monoisotopic (exact) mass is 250 g/mol. The second kappa shape index (κ2) is 5.14. The summed E-state index contributed by atoms with van der Waals surface area (Å²) in [7, 11) is 1.55. The van der Waals surface area contributed by atoms with E-state index in [2.05, 4.69) is 5.10 Å². The van der Waals surface area contributed by atoms with Gasteiger partial charge in [0.15, 0.2) is 11.4 Å². The Kier molecular flexibility index (Phi) is 3.58. The van der Waals surface area contributed by atoms with Gasteiger partial charge in [0, 0.05) is 17.5 Å². The maximum atomic E-state index is 12.3. The van der Waals surface area contributed by atoms with Crippen molar-refractivity contribution < 1.29 is 9.53 Å². The van der Waals surface area contributed by atoms with Gasteiger partial charge in [0.25, 0.3) is 0 Å². The molecule has 2 heterocycles. The van der Waals surface area contributed by atoms with Gasteiger partial charge in [0.1, 0.15) is 0 Å². The van der Waals surface area contributed by atoms with Gasteiger partial charge < -0.3 is 4.74 Å². The van der Waals surface area contributed by atoms with Crippen LogP contribution in [-0.2, 0) is 6.54 Å². The van der Waals surface area contributed by atoms with E-state index in [-0.39, 0.29) is 5.78 Å². The lowest BCUT2D eigenvalue weighted by atomic mass is 10.1. The van der Waals surface area contributed by atoms with E-state index in [1.165, 1.54) is 11.3 Å². The Morgan fingerprint density at radius 2 is 2.41 bits per heavy atom. The summed E-state index contributed by atoms with van der Waals surface area (Å²) in [6.45, 7) is 2.77. The highest BCUT2D eigenvalue weighted by Gasteiger charge is 2.20. The summed E-state index contributed by atoms with van der Waals surface area (Å²) >= 11 is 1.51. The summed E-state index contributed by atoms with van der Waals surface area (Å²) < 4.78 is 6.90. The molecule has 0 fully saturated rings. The molecule has 2 aromatic heterocycles.